The third-order valence-electron chi connectivity index (χ3n) is 6.30. The van der Waals surface area contributed by atoms with Crippen LogP contribution in [0.1, 0.15) is 36.8 Å². The van der Waals surface area contributed by atoms with Gasteiger partial charge in [0.05, 0.1) is 26.1 Å². The molecule has 2 aliphatic heterocycles. The van der Waals surface area contributed by atoms with E-state index in [1.807, 2.05) is 24.3 Å². The summed E-state index contributed by atoms with van der Waals surface area (Å²) in [5, 5.41) is 44.2. The van der Waals surface area contributed by atoms with E-state index in [0.717, 1.165) is 55.2 Å². The van der Waals surface area contributed by atoms with Crippen molar-refractivity contribution in [2.45, 2.75) is 50.5 Å². The number of hydrogen-bond acceptors (Lipinski definition) is 10. The topological polar surface area (TPSA) is 193 Å². The summed E-state index contributed by atoms with van der Waals surface area (Å²) in [5.41, 5.74) is -0.725. The van der Waals surface area contributed by atoms with Gasteiger partial charge < -0.3 is 44.5 Å². The van der Waals surface area contributed by atoms with Crippen molar-refractivity contribution in [3.8, 4) is 23.0 Å². The molecule has 2 heterocycles. The highest BCUT2D eigenvalue weighted by Crippen LogP contribution is 2.33. The molecule has 1 fully saturated rings. The Morgan fingerprint density at radius 1 is 1.00 bits per heavy atom. The predicted octanol–water partition coefficient (Wildman–Crippen LogP) is 2.06. The second-order valence-corrected chi connectivity index (χ2v) is 9.46. The molecule has 0 radical (unpaired) electrons. The molecule has 1 atom stereocenters. The number of rotatable bonds is 12. The number of phenols is 1. The molecule has 5 N–H and O–H groups in total. The summed E-state index contributed by atoms with van der Waals surface area (Å²) in [6.07, 6.45) is 0.130. The molecule has 2 aromatic carbocycles. The van der Waals surface area contributed by atoms with Gasteiger partial charge in [-0.2, -0.15) is 0 Å². The molecule has 13 heteroatoms. The van der Waals surface area contributed by atoms with Crippen molar-refractivity contribution in [3.05, 3.63) is 47.5 Å². The normalized spacial score (nSPS) is 15.8. The molecule has 0 aromatic heterocycles. The van der Waals surface area contributed by atoms with Crippen LogP contribution in [0.3, 0.4) is 0 Å². The number of methoxy groups -OCH3 is 1. The maximum atomic E-state index is 10.4. The number of phenolic OH excluding ortho intramolecular Hbond substituents is 1. The SMILES string of the molecule is COc1ccc(CN(Cc2ccc3c(c2)OCO3)CC2CCCO2)c(O)c1.O=C(O)CC(O)(CC(=O)O)C(=O)O. The third-order valence-corrected chi connectivity index (χ3v) is 6.30. The lowest BCUT2D eigenvalue weighted by Crippen LogP contribution is -2.42. The molecule has 0 amide bonds. The van der Waals surface area contributed by atoms with Gasteiger partial charge in [-0.05, 0) is 36.6 Å². The fourth-order valence-electron chi connectivity index (χ4n) is 4.32. The minimum atomic E-state index is -2.74. The number of benzene rings is 2. The van der Waals surface area contributed by atoms with Gasteiger partial charge >= 0.3 is 17.9 Å². The van der Waals surface area contributed by atoms with E-state index in [1.54, 1.807) is 13.2 Å². The molecule has 0 bridgehead atoms. The van der Waals surface area contributed by atoms with Crippen molar-refractivity contribution in [1.82, 2.24) is 4.90 Å². The predicted molar refractivity (Wildman–Crippen MR) is 137 cm³/mol. The van der Waals surface area contributed by atoms with Crippen LogP contribution in [0.25, 0.3) is 0 Å². The first-order valence-corrected chi connectivity index (χ1v) is 12.5. The minimum absolute atomic E-state index is 0.236. The Hall–Kier alpha value is -4.07. The molecule has 0 saturated carbocycles. The second kappa shape index (κ2) is 13.8. The highest BCUT2D eigenvalue weighted by Gasteiger charge is 2.40. The third kappa shape index (κ3) is 8.73. The van der Waals surface area contributed by atoms with Gasteiger partial charge in [-0.25, -0.2) is 4.79 Å². The second-order valence-electron chi connectivity index (χ2n) is 9.46. The summed E-state index contributed by atoms with van der Waals surface area (Å²) in [5.74, 6) is -2.54. The van der Waals surface area contributed by atoms with Crippen LogP contribution < -0.4 is 14.2 Å². The number of ether oxygens (including phenoxy) is 4. The molecule has 40 heavy (non-hydrogen) atoms. The van der Waals surface area contributed by atoms with Gasteiger partial charge in [-0.1, -0.05) is 12.1 Å². The highest BCUT2D eigenvalue weighted by atomic mass is 16.7. The first-order valence-electron chi connectivity index (χ1n) is 12.5. The fourth-order valence-corrected chi connectivity index (χ4v) is 4.32. The Bertz CT molecular complexity index is 1180. The zero-order chi connectivity index (χ0) is 29.3. The Morgan fingerprint density at radius 3 is 2.27 bits per heavy atom. The molecule has 2 aliphatic rings. The number of fused-ring (bicyclic) bond motifs is 1. The molecular weight excluding hydrogens is 530 g/mol. The molecule has 4 rings (SSSR count). The molecule has 1 unspecified atom stereocenters. The van der Waals surface area contributed by atoms with E-state index in [0.29, 0.717) is 12.3 Å². The molecule has 0 spiro atoms. The molecule has 13 nitrogen and oxygen atoms in total. The maximum Gasteiger partial charge on any atom is 0.336 e. The van der Waals surface area contributed by atoms with E-state index in [-0.39, 0.29) is 18.6 Å². The van der Waals surface area contributed by atoms with Crippen molar-refractivity contribution in [2.24, 2.45) is 0 Å². The minimum Gasteiger partial charge on any atom is -0.507 e. The van der Waals surface area contributed by atoms with Gasteiger partial charge in [-0.3, -0.25) is 14.5 Å². The standard InChI is InChI=1S/C21H25NO5.C6H8O7/c1-24-17-6-5-16(19(23)10-17)12-22(13-18-3-2-8-25-18)11-15-4-7-20-21(9-15)27-14-26-20;7-3(8)1-6(13,5(11)12)2-4(9)10/h4-7,9-10,18,23H,2-3,8,11-14H2,1H3;13H,1-2H2,(H,7,8)(H,9,10)(H,11,12). The molecule has 2 aromatic rings. The number of carboxylic acids is 3. The summed E-state index contributed by atoms with van der Waals surface area (Å²) < 4.78 is 21.9. The molecular formula is C27H33NO12. The van der Waals surface area contributed by atoms with Crippen LogP contribution in [0.5, 0.6) is 23.0 Å². The van der Waals surface area contributed by atoms with Crippen molar-refractivity contribution in [3.63, 3.8) is 0 Å². The molecule has 0 aliphatic carbocycles. The Kier molecular flexibility index (Phi) is 10.5. The quantitative estimate of drug-likeness (QED) is 0.252. The van der Waals surface area contributed by atoms with Crippen LogP contribution in [0, 0.1) is 0 Å². The van der Waals surface area contributed by atoms with Crippen molar-refractivity contribution < 1.29 is 58.9 Å². The summed E-state index contributed by atoms with van der Waals surface area (Å²) in [6.45, 7) is 3.29. The lowest BCUT2D eigenvalue weighted by atomic mass is 9.96. The lowest BCUT2D eigenvalue weighted by molar-refractivity contribution is -0.170. The van der Waals surface area contributed by atoms with Gasteiger partial charge in [0.2, 0.25) is 6.79 Å². The van der Waals surface area contributed by atoms with E-state index in [4.69, 9.17) is 39.4 Å². The average Bonchev–Trinajstić information content (AvgIpc) is 3.56. The number of aromatic hydroxyl groups is 1. The number of nitrogens with zero attached hydrogens (tertiary/aromatic N) is 1. The van der Waals surface area contributed by atoms with Crippen LogP contribution in [-0.4, -0.2) is 87.1 Å². The number of carboxylic acid groups (broad SMARTS) is 3. The van der Waals surface area contributed by atoms with Crippen molar-refractivity contribution in [1.29, 1.82) is 0 Å². The summed E-state index contributed by atoms with van der Waals surface area (Å²) in [7, 11) is 1.60. The van der Waals surface area contributed by atoms with E-state index in [1.165, 1.54) is 0 Å². The van der Waals surface area contributed by atoms with Crippen LogP contribution in [0.4, 0.5) is 0 Å². The van der Waals surface area contributed by atoms with Gasteiger partial charge in [0, 0.05) is 37.9 Å². The van der Waals surface area contributed by atoms with Crippen LogP contribution in [0.2, 0.25) is 0 Å². The van der Waals surface area contributed by atoms with E-state index >= 15 is 0 Å². The molecule has 1 saturated heterocycles. The van der Waals surface area contributed by atoms with Crippen LogP contribution in [0.15, 0.2) is 36.4 Å². The lowest BCUT2D eigenvalue weighted by Gasteiger charge is -2.26. The average molecular weight is 564 g/mol. The summed E-state index contributed by atoms with van der Waals surface area (Å²) in [6, 6.07) is 11.5. The Morgan fingerprint density at radius 2 is 1.70 bits per heavy atom. The van der Waals surface area contributed by atoms with Gasteiger partial charge in [-0.15, -0.1) is 0 Å². The summed E-state index contributed by atoms with van der Waals surface area (Å²) in [4.78, 5) is 32.8. The van der Waals surface area contributed by atoms with Crippen molar-refractivity contribution >= 4 is 17.9 Å². The number of hydrogen-bond donors (Lipinski definition) is 5. The van der Waals surface area contributed by atoms with Crippen LogP contribution >= 0.6 is 0 Å². The van der Waals surface area contributed by atoms with Gasteiger partial charge in [0.25, 0.3) is 0 Å². The smallest absolute Gasteiger partial charge is 0.336 e. The molecule has 218 valence electrons. The van der Waals surface area contributed by atoms with E-state index in [9.17, 15) is 19.5 Å². The van der Waals surface area contributed by atoms with Crippen LogP contribution in [-0.2, 0) is 32.2 Å². The van der Waals surface area contributed by atoms with Gasteiger partial charge in [0.15, 0.2) is 17.1 Å². The Labute approximate surface area is 230 Å². The largest absolute Gasteiger partial charge is 0.507 e. The number of aliphatic hydroxyl groups is 1. The van der Waals surface area contributed by atoms with Gasteiger partial charge in [0.1, 0.15) is 11.5 Å². The maximum absolute atomic E-state index is 10.4. The highest BCUT2D eigenvalue weighted by molar-refractivity contribution is 5.88. The van der Waals surface area contributed by atoms with Crippen molar-refractivity contribution in [2.75, 3.05) is 27.1 Å². The number of aliphatic carboxylic acids is 3. The zero-order valence-corrected chi connectivity index (χ0v) is 21.9. The van der Waals surface area contributed by atoms with E-state index < -0.39 is 36.4 Å². The first-order chi connectivity index (χ1) is 19.0. The monoisotopic (exact) mass is 563 g/mol. The fraction of sp³-hybridized carbons (Fsp3) is 0.444. The summed E-state index contributed by atoms with van der Waals surface area (Å²) >= 11 is 0. The van der Waals surface area contributed by atoms with E-state index in [2.05, 4.69) is 11.0 Å². The zero-order valence-electron chi connectivity index (χ0n) is 21.9. The number of carbonyl (C=O) groups is 3. The first kappa shape index (κ1) is 30.5. The Balaban J connectivity index is 0.000000289.